The molecule has 1 aliphatic heterocycles. The lowest BCUT2D eigenvalue weighted by Crippen LogP contribution is -2.29. The molecule has 8 heteroatoms. The summed E-state index contributed by atoms with van der Waals surface area (Å²) in [5.41, 5.74) is 7.76. The molecule has 8 nitrogen and oxygen atoms in total. The van der Waals surface area contributed by atoms with Gasteiger partial charge in [0.15, 0.2) is 6.23 Å². The van der Waals surface area contributed by atoms with Crippen LogP contribution in [0.1, 0.15) is 11.8 Å². The van der Waals surface area contributed by atoms with Gasteiger partial charge in [-0.15, -0.1) is 5.73 Å². The van der Waals surface area contributed by atoms with Gasteiger partial charge in [-0.2, -0.15) is 4.98 Å². The Morgan fingerprint density at radius 2 is 2.25 bits per heavy atom. The molecule has 108 valence electrons. The van der Waals surface area contributed by atoms with E-state index in [1.807, 2.05) is 0 Å². The molecular formula is C12H15N3O5. The van der Waals surface area contributed by atoms with Crippen molar-refractivity contribution in [1.82, 2.24) is 9.55 Å². The molecule has 5 N–H and O–H groups in total. The first-order valence-corrected chi connectivity index (χ1v) is 5.86. The van der Waals surface area contributed by atoms with Gasteiger partial charge in [-0.1, -0.05) is 6.58 Å². The fourth-order valence-corrected chi connectivity index (χ4v) is 2.02. The van der Waals surface area contributed by atoms with E-state index in [4.69, 9.17) is 20.7 Å². The van der Waals surface area contributed by atoms with Crippen molar-refractivity contribution in [1.29, 1.82) is 0 Å². The quantitative estimate of drug-likeness (QED) is 0.485. The zero-order valence-corrected chi connectivity index (χ0v) is 10.6. The molecule has 0 saturated carbocycles. The van der Waals surface area contributed by atoms with Crippen molar-refractivity contribution >= 4 is 5.82 Å². The number of nitrogens with two attached hydrogens (primary N) is 1. The van der Waals surface area contributed by atoms with Crippen LogP contribution in [0.5, 0.6) is 0 Å². The van der Waals surface area contributed by atoms with Crippen LogP contribution in [0.3, 0.4) is 0 Å². The van der Waals surface area contributed by atoms with Gasteiger partial charge in [-0.25, -0.2) is 4.79 Å². The minimum absolute atomic E-state index is 0.0739. The lowest BCUT2D eigenvalue weighted by atomic mass is 10.1. The van der Waals surface area contributed by atoms with Gasteiger partial charge >= 0.3 is 5.69 Å². The van der Waals surface area contributed by atoms with Crippen molar-refractivity contribution in [2.24, 2.45) is 0 Å². The second-order valence-corrected chi connectivity index (χ2v) is 4.29. The minimum Gasteiger partial charge on any atom is -0.394 e. The van der Waals surface area contributed by atoms with Gasteiger partial charge in [0, 0.05) is 11.8 Å². The Morgan fingerprint density at radius 3 is 2.80 bits per heavy atom. The van der Waals surface area contributed by atoms with Crippen LogP contribution in [0.4, 0.5) is 5.82 Å². The van der Waals surface area contributed by atoms with Crippen molar-refractivity contribution in [3.8, 4) is 0 Å². The van der Waals surface area contributed by atoms with E-state index in [0.29, 0.717) is 0 Å². The molecular weight excluding hydrogens is 266 g/mol. The van der Waals surface area contributed by atoms with Crippen molar-refractivity contribution in [3.05, 3.63) is 40.1 Å². The summed E-state index contributed by atoms with van der Waals surface area (Å²) in [7, 11) is 0. The molecule has 1 saturated heterocycles. The van der Waals surface area contributed by atoms with E-state index < -0.39 is 37.3 Å². The topological polar surface area (TPSA) is 131 Å². The van der Waals surface area contributed by atoms with Crippen LogP contribution in [0.2, 0.25) is 0 Å². The maximum atomic E-state index is 11.9. The Kier molecular flexibility index (Phi) is 4.03. The number of nitrogen functional groups attached to an aromatic ring is 1. The average Bonchev–Trinajstić information content (AvgIpc) is 2.75. The summed E-state index contributed by atoms with van der Waals surface area (Å²) >= 11 is 0. The monoisotopic (exact) mass is 281 g/mol. The van der Waals surface area contributed by atoms with E-state index in [-0.39, 0.29) is 17.0 Å². The number of nitrogens with zero attached hydrogens (tertiary/aromatic N) is 2. The average molecular weight is 281 g/mol. The minimum atomic E-state index is -1.12. The standard InChI is InChI=1S/C12H15N3O5/c1-2-7-9(18)8(5-17)20-11(7)15-3-6(4-16)10(13)14-12(15)19/h3,8-9,11,16-18H,1,4-5H2,(H2,13,14,19)/t8-,9?,11-/m1/s1. The molecule has 0 amide bonds. The molecule has 0 aromatic carbocycles. The van der Waals surface area contributed by atoms with Crippen molar-refractivity contribution < 1.29 is 20.1 Å². The smallest absolute Gasteiger partial charge is 0.351 e. The molecule has 20 heavy (non-hydrogen) atoms. The lowest BCUT2D eigenvalue weighted by Gasteiger charge is -2.15. The highest BCUT2D eigenvalue weighted by Crippen LogP contribution is 2.32. The Bertz CT molecular complexity index is 620. The van der Waals surface area contributed by atoms with Gasteiger partial charge in [0.25, 0.3) is 0 Å². The van der Waals surface area contributed by atoms with Gasteiger partial charge in [0.2, 0.25) is 0 Å². The highest BCUT2D eigenvalue weighted by atomic mass is 16.5. The maximum Gasteiger partial charge on any atom is 0.351 e. The Morgan fingerprint density at radius 1 is 1.55 bits per heavy atom. The highest BCUT2D eigenvalue weighted by Gasteiger charge is 2.40. The van der Waals surface area contributed by atoms with Crippen LogP contribution in [-0.2, 0) is 11.3 Å². The summed E-state index contributed by atoms with van der Waals surface area (Å²) < 4.78 is 6.46. The molecule has 1 aromatic rings. The number of hydrogen-bond acceptors (Lipinski definition) is 7. The molecule has 1 unspecified atom stereocenters. The second kappa shape index (κ2) is 5.58. The van der Waals surface area contributed by atoms with Gasteiger partial charge in [-0.05, 0) is 0 Å². The number of aliphatic hydroxyl groups is 3. The Labute approximate surface area is 114 Å². The Hall–Kier alpha value is -1.96. The van der Waals surface area contributed by atoms with Gasteiger partial charge in [0.05, 0.1) is 18.8 Å². The fourth-order valence-electron chi connectivity index (χ4n) is 2.02. The zero-order valence-electron chi connectivity index (χ0n) is 10.6. The van der Waals surface area contributed by atoms with Crippen LogP contribution in [0.25, 0.3) is 0 Å². The zero-order chi connectivity index (χ0) is 14.9. The van der Waals surface area contributed by atoms with Crippen LogP contribution in [0, 0.1) is 0 Å². The maximum absolute atomic E-state index is 11.9. The predicted molar refractivity (Wildman–Crippen MR) is 68.5 cm³/mol. The number of aliphatic hydroxyl groups excluding tert-OH is 3. The highest BCUT2D eigenvalue weighted by molar-refractivity contribution is 5.36. The van der Waals surface area contributed by atoms with Crippen molar-refractivity contribution in [2.45, 2.75) is 25.0 Å². The SMILES string of the molecule is C=C=C1C(O)[C@@H](CO)O[C@H]1n1cc(CO)c(N)nc1=O. The molecule has 1 aliphatic rings. The number of ether oxygens (including phenoxy) is 1. The molecule has 3 atom stereocenters. The first-order chi connectivity index (χ1) is 9.53. The predicted octanol–water partition coefficient (Wildman–Crippen LogP) is -1.72. The summed E-state index contributed by atoms with van der Waals surface area (Å²) in [5, 5.41) is 28.2. The molecule has 2 heterocycles. The van der Waals surface area contributed by atoms with E-state index in [1.165, 1.54) is 6.20 Å². The number of rotatable bonds is 3. The van der Waals surface area contributed by atoms with Gasteiger partial charge in [0.1, 0.15) is 18.0 Å². The van der Waals surface area contributed by atoms with Gasteiger partial charge < -0.3 is 25.8 Å². The van der Waals surface area contributed by atoms with Crippen LogP contribution in [0.15, 0.2) is 28.9 Å². The molecule has 1 aromatic heterocycles. The number of hydrogen-bond donors (Lipinski definition) is 4. The molecule has 0 radical (unpaired) electrons. The summed E-state index contributed by atoms with van der Waals surface area (Å²) in [6.45, 7) is 2.61. The van der Waals surface area contributed by atoms with E-state index in [1.54, 1.807) is 0 Å². The summed E-state index contributed by atoms with van der Waals surface area (Å²) in [5.74, 6) is -0.0739. The Balaban J connectivity index is 2.51. The number of aromatic nitrogens is 2. The molecule has 0 bridgehead atoms. The van der Waals surface area contributed by atoms with Crippen LogP contribution in [-0.4, -0.2) is 43.7 Å². The van der Waals surface area contributed by atoms with Gasteiger partial charge in [-0.3, -0.25) is 4.57 Å². The van der Waals surface area contributed by atoms with E-state index in [9.17, 15) is 9.90 Å². The second-order valence-electron chi connectivity index (χ2n) is 4.29. The largest absolute Gasteiger partial charge is 0.394 e. The third-order valence-electron chi connectivity index (χ3n) is 3.11. The normalized spacial score (nSPS) is 25.8. The first kappa shape index (κ1) is 14.4. The van der Waals surface area contributed by atoms with E-state index >= 15 is 0 Å². The fraction of sp³-hybridized carbons (Fsp3) is 0.417. The third-order valence-corrected chi connectivity index (χ3v) is 3.11. The molecule has 2 rings (SSSR count). The third kappa shape index (κ3) is 2.26. The molecule has 0 spiro atoms. The van der Waals surface area contributed by atoms with E-state index in [0.717, 1.165) is 4.57 Å². The summed E-state index contributed by atoms with van der Waals surface area (Å²) in [6, 6.07) is 0. The lowest BCUT2D eigenvalue weighted by molar-refractivity contribution is -0.0448. The number of anilines is 1. The van der Waals surface area contributed by atoms with E-state index in [2.05, 4.69) is 17.3 Å². The van der Waals surface area contributed by atoms with Crippen LogP contribution >= 0.6 is 0 Å². The molecule has 1 fully saturated rings. The van der Waals surface area contributed by atoms with Crippen molar-refractivity contribution in [2.75, 3.05) is 12.3 Å². The molecule has 0 aliphatic carbocycles. The summed E-state index contributed by atoms with van der Waals surface area (Å²) in [6.07, 6.45) is -1.71. The van der Waals surface area contributed by atoms with Crippen LogP contribution < -0.4 is 11.4 Å². The van der Waals surface area contributed by atoms with Crippen molar-refractivity contribution in [3.63, 3.8) is 0 Å². The summed E-state index contributed by atoms with van der Waals surface area (Å²) in [4.78, 5) is 15.4. The first-order valence-electron chi connectivity index (χ1n) is 5.86.